The maximum absolute atomic E-state index is 2.51. The summed E-state index contributed by atoms with van der Waals surface area (Å²) in [6.45, 7) is 4.55. The van der Waals surface area contributed by atoms with E-state index in [0.29, 0.717) is 0 Å². The lowest BCUT2D eigenvalue weighted by Gasteiger charge is -2.37. The second-order valence-corrected chi connectivity index (χ2v) is 9.99. The highest BCUT2D eigenvalue weighted by Crippen LogP contribution is 2.46. The minimum atomic E-state index is 0.128. The first-order valence-electron chi connectivity index (χ1n) is 12.9. The zero-order valence-electron chi connectivity index (χ0n) is 21.4. The maximum Gasteiger partial charge on any atom is 0.103 e. The number of nitrogens with zero attached hydrogens (tertiary/aromatic N) is 3. The van der Waals surface area contributed by atoms with Crippen LogP contribution in [0.5, 0.6) is 0 Å². The highest BCUT2D eigenvalue weighted by molar-refractivity contribution is 6.11. The number of para-hydroxylation sites is 4. The summed E-state index contributed by atoms with van der Waals surface area (Å²) in [5.41, 5.74) is 11.2. The van der Waals surface area contributed by atoms with Crippen LogP contribution in [0.25, 0.3) is 38.6 Å². The van der Waals surface area contributed by atoms with Crippen LogP contribution < -0.4 is 9.80 Å². The molecule has 5 aromatic carbocycles. The third-order valence-electron chi connectivity index (χ3n) is 7.94. The molecule has 0 saturated heterocycles. The molecule has 0 fully saturated rings. The molecule has 0 unspecified atom stereocenters. The molecule has 0 amide bonds. The predicted octanol–water partition coefficient (Wildman–Crippen LogP) is 8.69. The number of rotatable bonds is 2. The molecular weight excluding hydrogens is 450 g/mol. The van der Waals surface area contributed by atoms with Crippen LogP contribution in [0.2, 0.25) is 0 Å². The fourth-order valence-corrected chi connectivity index (χ4v) is 6.05. The number of hydrogen-bond donors (Lipinski definition) is 0. The summed E-state index contributed by atoms with van der Waals surface area (Å²) >= 11 is 0. The summed E-state index contributed by atoms with van der Waals surface area (Å²) in [6, 6.07) is 41.8. The van der Waals surface area contributed by atoms with E-state index in [1.54, 1.807) is 0 Å². The smallest absolute Gasteiger partial charge is 0.103 e. The van der Waals surface area contributed by atoms with E-state index >= 15 is 0 Å². The van der Waals surface area contributed by atoms with Crippen LogP contribution in [0, 0.1) is 6.92 Å². The fourth-order valence-electron chi connectivity index (χ4n) is 6.05. The lowest BCUT2D eigenvalue weighted by atomic mass is 10.0. The van der Waals surface area contributed by atoms with Gasteiger partial charge in [-0.2, -0.15) is 0 Å². The van der Waals surface area contributed by atoms with E-state index in [2.05, 4.69) is 151 Å². The summed E-state index contributed by atoms with van der Waals surface area (Å²) in [5.74, 6) is 0. The molecule has 3 nitrogen and oxygen atoms in total. The van der Waals surface area contributed by atoms with Crippen LogP contribution in [0.3, 0.4) is 0 Å². The van der Waals surface area contributed by atoms with E-state index in [4.69, 9.17) is 0 Å². The number of hydrogen-bond acceptors (Lipinski definition) is 2. The summed E-state index contributed by atoms with van der Waals surface area (Å²) in [4.78, 5) is 4.91. The van der Waals surface area contributed by atoms with Crippen LogP contribution in [-0.2, 0) is 0 Å². The SMILES string of the molecule is Cc1cc2c(cc1N1c3ccccc3-c3ccccc3N(C)[C@@H]1C)c1ccccc1n2-c1ccccc1. The summed E-state index contributed by atoms with van der Waals surface area (Å²) < 4.78 is 2.39. The van der Waals surface area contributed by atoms with Gasteiger partial charge in [0.1, 0.15) is 6.17 Å². The number of fused-ring (bicyclic) bond motifs is 6. The van der Waals surface area contributed by atoms with Crippen LogP contribution in [0.15, 0.2) is 115 Å². The molecular formula is C34H29N3. The third-order valence-corrected chi connectivity index (χ3v) is 7.94. The van der Waals surface area contributed by atoms with E-state index in [1.807, 2.05) is 0 Å². The molecule has 3 heteroatoms. The average Bonchev–Trinajstić information content (AvgIpc) is 3.22. The number of anilines is 3. The second-order valence-electron chi connectivity index (χ2n) is 9.99. The van der Waals surface area contributed by atoms with Crippen LogP contribution in [0.1, 0.15) is 12.5 Å². The van der Waals surface area contributed by atoms with Gasteiger partial charge in [-0.15, -0.1) is 0 Å². The fraction of sp³-hybridized carbons (Fsp3) is 0.118. The van der Waals surface area contributed by atoms with Gasteiger partial charge in [-0.3, -0.25) is 0 Å². The predicted molar refractivity (Wildman–Crippen MR) is 157 cm³/mol. The normalized spacial score (nSPS) is 15.1. The minimum absolute atomic E-state index is 0.128. The summed E-state index contributed by atoms with van der Waals surface area (Å²) in [5, 5.41) is 2.55. The van der Waals surface area contributed by atoms with Crippen molar-refractivity contribution in [2.24, 2.45) is 0 Å². The van der Waals surface area contributed by atoms with Crippen molar-refractivity contribution < 1.29 is 0 Å². The Hall–Kier alpha value is -4.50. The van der Waals surface area contributed by atoms with Crippen molar-refractivity contribution in [3.05, 3.63) is 121 Å². The zero-order chi connectivity index (χ0) is 25.1. The molecule has 6 aromatic rings. The van der Waals surface area contributed by atoms with Crippen molar-refractivity contribution in [1.82, 2.24) is 4.57 Å². The first kappa shape index (κ1) is 21.8. The van der Waals surface area contributed by atoms with Crippen molar-refractivity contribution in [2.45, 2.75) is 20.0 Å². The topological polar surface area (TPSA) is 11.4 Å². The van der Waals surface area contributed by atoms with Crippen LogP contribution >= 0.6 is 0 Å². The van der Waals surface area contributed by atoms with Gasteiger partial charge in [-0.05, 0) is 61.9 Å². The van der Waals surface area contributed by atoms with Gasteiger partial charge in [0.15, 0.2) is 0 Å². The Kier molecular flexibility index (Phi) is 4.87. The van der Waals surface area contributed by atoms with Gasteiger partial charge < -0.3 is 14.4 Å². The Morgan fingerprint density at radius 1 is 0.568 bits per heavy atom. The molecule has 0 saturated carbocycles. The zero-order valence-corrected chi connectivity index (χ0v) is 21.4. The van der Waals surface area contributed by atoms with Crippen molar-refractivity contribution in [3.8, 4) is 16.8 Å². The first-order chi connectivity index (χ1) is 18.1. The highest BCUT2D eigenvalue weighted by atomic mass is 15.4. The second kappa shape index (κ2) is 8.28. The van der Waals surface area contributed by atoms with Gasteiger partial charge in [0.25, 0.3) is 0 Å². The lowest BCUT2D eigenvalue weighted by molar-refractivity contribution is 0.698. The molecule has 1 atom stereocenters. The Morgan fingerprint density at radius 2 is 1.19 bits per heavy atom. The van der Waals surface area contributed by atoms with Gasteiger partial charge in [0, 0.05) is 46.0 Å². The molecule has 0 N–H and O–H groups in total. The number of aryl methyl sites for hydroxylation is 1. The Labute approximate surface area is 217 Å². The van der Waals surface area contributed by atoms with Crippen LogP contribution in [-0.4, -0.2) is 17.8 Å². The monoisotopic (exact) mass is 479 g/mol. The molecule has 0 bridgehead atoms. The molecule has 37 heavy (non-hydrogen) atoms. The van der Waals surface area contributed by atoms with Crippen molar-refractivity contribution in [1.29, 1.82) is 0 Å². The van der Waals surface area contributed by atoms with Gasteiger partial charge in [-0.1, -0.05) is 72.8 Å². The quantitative estimate of drug-likeness (QED) is 0.246. The van der Waals surface area contributed by atoms with E-state index in [-0.39, 0.29) is 6.17 Å². The van der Waals surface area contributed by atoms with E-state index in [1.165, 1.54) is 61.2 Å². The summed E-state index contributed by atoms with van der Waals surface area (Å²) in [6.07, 6.45) is 0.128. The number of benzene rings is 5. The number of aromatic nitrogens is 1. The molecule has 2 heterocycles. The van der Waals surface area contributed by atoms with E-state index in [0.717, 1.165) is 0 Å². The van der Waals surface area contributed by atoms with Gasteiger partial charge in [-0.25, -0.2) is 0 Å². The maximum atomic E-state index is 2.51. The molecule has 0 aliphatic carbocycles. The average molecular weight is 480 g/mol. The van der Waals surface area contributed by atoms with Gasteiger partial charge in [0.2, 0.25) is 0 Å². The largest absolute Gasteiger partial charge is 0.354 e. The van der Waals surface area contributed by atoms with Gasteiger partial charge >= 0.3 is 0 Å². The lowest BCUT2D eigenvalue weighted by Crippen LogP contribution is -2.41. The molecule has 180 valence electrons. The minimum Gasteiger partial charge on any atom is -0.354 e. The molecule has 0 spiro atoms. The Bertz CT molecular complexity index is 1780. The summed E-state index contributed by atoms with van der Waals surface area (Å²) in [7, 11) is 2.21. The first-order valence-corrected chi connectivity index (χ1v) is 12.9. The molecule has 0 radical (unpaired) electrons. The molecule has 1 aromatic heterocycles. The standard InChI is InChI=1S/C34H29N3/c1-23-21-34-29(28-17-9-12-20-32(28)37(34)25-13-5-4-6-14-25)22-33(23)36-24(2)35(3)30-18-10-7-15-26(30)27-16-8-11-19-31(27)36/h4-22,24H,1-3H3/t24-/m0/s1. The van der Waals surface area contributed by atoms with Crippen LogP contribution in [0.4, 0.5) is 17.1 Å². The van der Waals surface area contributed by atoms with E-state index in [9.17, 15) is 0 Å². The Balaban J connectivity index is 1.52. The van der Waals surface area contributed by atoms with Gasteiger partial charge in [0.05, 0.1) is 16.7 Å². The molecule has 7 rings (SSSR count). The van der Waals surface area contributed by atoms with E-state index < -0.39 is 0 Å². The third kappa shape index (κ3) is 3.20. The molecule has 1 aliphatic rings. The van der Waals surface area contributed by atoms with Crippen molar-refractivity contribution in [3.63, 3.8) is 0 Å². The molecule has 1 aliphatic heterocycles. The highest BCUT2D eigenvalue weighted by Gasteiger charge is 2.30. The van der Waals surface area contributed by atoms with Crippen molar-refractivity contribution >= 4 is 38.9 Å². The Morgan fingerprint density at radius 3 is 1.97 bits per heavy atom. The van der Waals surface area contributed by atoms with Crippen molar-refractivity contribution in [2.75, 3.05) is 16.8 Å².